The molecule has 0 amide bonds. The van der Waals surface area contributed by atoms with Gasteiger partial charge in [0, 0.05) is 11.1 Å². The molecule has 0 aliphatic rings. The van der Waals surface area contributed by atoms with Crippen LogP contribution in [0.3, 0.4) is 0 Å². The smallest absolute Gasteiger partial charge is 0.0932 e. The Morgan fingerprint density at radius 3 is 1.00 bits per heavy atom. The number of hydrogen-bond acceptors (Lipinski definition) is 0. The van der Waals surface area contributed by atoms with Crippen LogP contribution in [0.4, 0.5) is 0 Å². The number of benzene rings is 4. The van der Waals surface area contributed by atoms with Crippen molar-refractivity contribution >= 4 is 53.2 Å². The van der Waals surface area contributed by atoms with E-state index >= 15 is 0 Å². The van der Waals surface area contributed by atoms with Crippen molar-refractivity contribution < 1.29 is 0 Å². The van der Waals surface area contributed by atoms with Crippen molar-refractivity contribution in [2.45, 2.75) is 27.7 Å². The summed E-state index contributed by atoms with van der Waals surface area (Å²) in [6, 6.07) is 23.8. The van der Waals surface area contributed by atoms with Crippen molar-refractivity contribution in [2.24, 2.45) is 0 Å². The van der Waals surface area contributed by atoms with Crippen LogP contribution in [0, 0.1) is 39.5 Å². The molecule has 0 bridgehead atoms. The quantitative estimate of drug-likeness (QED) is 0.324. The minimum absolute atomic E-state index is 0.769. The van der Waals surface area contributed by atoms with Gasteiger partial charge in [-0.3, -0.25) is 0 Å². The van der Waals surface area contributed by atoms with Crippen LogP contribution in [0.5, 0.6) is 0 Å². The molecule has 0 heterocycles. The molecule has 0 aliphatic heterocycles. The molecule has 156 valence electrons. The van der Waals surface area contributed by atoms with E-state index in [2.05, 4.69) is 24.0 Å². The SMILES string of the molecule is [B]c1cc(-c2ccc(C)c([B])c2)ccc1C.[B]c1cc(C#Cc2ccc(C)c([B])c2)ccc1C. The Bertz CT molecular complexity index is 1290. The van der Waals surface area contributed by atoms with Crippen LogP contribution in [0.25, 0.3) is 11.1 Å². The highest BCUT2D eigenvalue weighted by Gasteiger charge is 2.01. The maximum absolute atomic E-state index is 5.89. The molecule has 0 nitrogen and oxygen atoms in total. The zero-order chi connectivity index (χ0) is 24.8. The summed E-state index contributed by atoms with van der Waals surface area (Å²) < 4.78 is 0. The molecule has 0 aliphatic carbocycles. The number of rotatable bonds is 1. The standard InChI is InChI=1S/C16H12B2.C14H12B2/c1-11-3-5-13(9-15(11)17)7-8-14-6-4-12(2)16(18)10-14;1-9-3-5-11(7-13(9)15)12-6-4-10(2)14(16)8-12/h3-6,9-10H,1-2H3;3-8H,1-2H3. The first-order chi connectivity index (χ1) is 16.1. The van der Waals surface area contributed by atoms with E-state index in [4.69, 9.17) is 31.4 Å². The molecule has 4 aromatic carbocycles. The molecule has 0 spiro atoms. The van der Waals surface area contributed by atoms with E-state index < -0.39 is 0 Å². The van der Waals surface area contributed by atoms with Gasteiger partial charge in [0.05, 0.1) is 0 Å². The Hall–Kier alpha value is -3.30. The Morgan fingerprint density at radius 1 is 0.412 bits per heavy atom. The fourth-order valence-electron chi connectivity index (χ4n) is 3.22. The number of aryl methyl sites for hydroxylation is 4. The van der Waals surface area contributed by atoms with E-state index in [-0.39, 0.29) is 0 Å². The van der Waals surface area contributed by atoms with Crippen LogP contribution in [-0.2, 0) is 0 Å². The molecule has 0 fully saturated rings. The molecule has 0 aromatic heterocycles. The lowest BCUT2D eigenvalue weighted by atomic mass is 9.85. The monoisotopic (exact) mass is 428 g/mol. The van der Waals surface area contributed by atoms with E-state index in [0.29, 0.717) is 0 Å². The van der Waals surface area contributed by atoms with Crippen molar-refractivity contribution in [1.82, 2.24) is 0 Å². The maximum Gasteiger partial charge on any atom is 0.114 e. The summed E-state index contributed by atoms with van der Waals surface area (Å²) in [6.45, 7) is 7.96. The summed E-state index contributed by atoms with van der Waals surface area (Å²) in [4.78, 5) is 0. The van der Waals surface area contributed by atoms with Gasteiger partial charge in [0.1, 0.15) is 31.4 Å². The van der Waals surface area contributed by atoms with E-state index in [1.165, 1.54) is 0 Å². The lowest BCUT2D eigenvalue weighted by molar-refractivity contribution is 1.49. The molecule has 0 N–H and O–H groups in total. The summed E-state index contributed by atoms with van der Waals surface area (Å²) in [7, 11) is 23.5. The van der Waals surface area contributed by atoms with Crippen molar-refractivity contribution in [3.8, 4) is 23.0 Å². The molecule has 0 saturated heterocycles. The molecule has 8 radical (unpaired) electrons. The predicted molar refractivity (Wildman–Crippen MR) is 151 cm³/mol. The van der Waals surface area contributed by atoms with Crippen molar-refractivity contribution in [2.75, 3.05) is 0 Å². The first kappa shape index (κ1) is 25.3. The van der Waals surface area contributed by atoms with Crippen LogP contribution >= 0.6 is 0 Å². The zero-order valence-corrected chi connectivity index (χ0v) is 20.2. The van der Waals surface area contributed by atoms with Gasteiger partial charge in [0.15, 0.2) is 0 Å². The van der Waals surface area contributed by atoms with Crippen LogP contribution < -0.4 is 21.9 Å². The average molecular weight is 428 g/mol. The number of hydrogen-bond donors (Lipinski definition) is 0. The molecule has 0 unspecified atom stereocenters. The third-order valence-corrected chi connectivity index (χ3v) is 5.80. The Labute approximate surface area is 209 Å². The maximum atomic E-state index is 5.89. The second-order valence-electron chi connectivity index (χ2n) is 8.54. The Balaban J connectivity index is 0.000000192. The summed E-state index contributed by atoms with van der Waals surface area (Å²) in [5.41, 5.74) is 11.6. The summed E-state index contributed by atoms with van der Waals surface area (Å²) in [5, 5.41) is 0. The minimum atomic E-state index is 0.769. The molecule has 4 heteroatoms. The van der Waals surface area contributed by atoms with E-state index in [1.54, 1.807) is 0 Å². The molecular formula is C30H24B4. The zero-order valence-electron chi connectivity index (χ0n) is 20.2. The van der Waals surface area contributed by atoms with Gasteiger partial charge in [-0.05, 0) is 51.0 Å². The van der Waals surface area contributed by atoms with Crippen molar-refractivity contribution in [3.63, 3.8) is 0 Å². The van der Waals surface area contributed by atoms with Crippen molar-refractivity contribution in [1.29, 1.82) is 0 Å². The second-order valence-corrected chi connectivity index (χ2v) is 8.54. The third kappa shape index (κ3) is 6.61. The predicted octanol–water partition coefficient (Wildman–Crippen LogP) is 2.85. The topological polar surface area (TPSA) is 0 Å². The lowest BCUT2D eigenvalue weighted by Crippen LogP contribution is -2.09. The van der Waals surface area contributed by atoms with E-state index in [9.17, 15) is 0 Å². The Morgan fingerprint density at radius 2 is 0.706 bits per heavy atom. The summed E-state index contributed by atoms with van der Waals surface area (Å²) >= 11 is 0. The van der Waals surface area contributed by atoms with Gasteiger partial charge < -0.3 is 0 Å². The highest BCUT2D eigenvalue weighted by molar-refractivity contribution is 6.34. The second kappa shape index (κ2) is 11.2. The largest absolute Gasteiger partial charge is 0.114 e. The first-order valence-electron chi connectivity index (χ1n) is 11.1. The highest BCUT2D eigenvalue weighted by atomic mass is 14.0. The lowest BCUT2D eigenvalue weighted by Gasteiger charge is -2.08. The molecular weight excluding hydrogens is 404 g/mol. The summed E-state index contributed by atoms with van der Waals surface area (Å²) in [5.74, 6) is 6.18. The van der Waals surface area contributed by atoms with Gasteiger partial charge in [-0.15, -0.1) is 0 Å². The van der Waals surface area contributed by atoms with Gasteiger partial charge in [-0.1, -0.05) is 117 Å². The highest BCUT2D eigenvalue weighted by Crippen LogP contribution is 2.18. The minimum Gasteiger partial charge on any atom is -0.0932 e. The normalized spacial score (nSPS) is 10.0. The van der Waals surface area contributed by atoms with Gasteiger partial charge in [0.25, 0.3) is 0 Å². The van der Waals surface area contributed by atoms with Gasteiger partial charge in [-0.2, -0.15) is 0 Å². The fourth-order valence-corrected chi connectivity index (χ4v) is 3.22. The summed E-state index contributed by atoms with van der Waals surface area (Å²) in [6.07, 6.45) is 0. The van der Waals surface area contributed by atoms with Crippen LogP contribution in [-0.4, -0.2) is 31.4 Å². The fraction of sp³-hybridized carbons (Fsp3) is 0.133. The van der Waals surface area contributed by atoms with Gasteiger partial charge in [-0.25, -0.2) is 0 Å². The average Bonchev–Trinajstić information content (AvgIpc) is 2.81. The molecule has 0 atom stereocenters. The molecule has 34 heavy (non-hydrogen) atoms. The van der Waals surface area contributed by atoms with Gasteiger partial charge in [0.2, 0.25) is 0 Å². The van der Waals surface area contributed by atoms with Crippen LogP contribution in [0.2, 0.25) is 0 Å². The van der Waals surface area contributed by atoms with Crippen LogP contribution in [0.1, 0.15) is 33.4 Å². The third-order valence-electron chi connectivity index (χ3n) is 5.80. The van der Waals surface area contributed by atoms with Crippen molar-refractivity contribution in [3.05, 3.63) is 106 Å². The first-order valence-corrected chi connectivity index (χ1v) is 11.1. The van der Waals surface area contributed by atoms with Crippen LogP contribution in [0.15, 0.2) is 72.8 Å². The molecule has 0 saturated carbocycles. The Kier molecular flexibility index (Phi) is 8.36. The molecule has 4 rings (SSSR count). The van der Waals surface area contributed by atoms with Gasteiger partial charge >= 0.3 is 0 Å². The van der Waals surface area contributed by atoms with E-state index in [0.717, 1.165) is 66.4 Å². The van der Waals surface area contributed by atoms with E-state index in [1.807, 2.05) is 88.4 Å². The molecule has 4 aromatic rings.